The van der Waals surface area contributed by atoms with Crippen molar-refractivity contribution in [2.24, 2.45) is 0 Å². The van der Waals surface area contributed by atoms with Crippen LogP contribution in [-0.2, 0) is 4.74 Å². The van der Waals surface area contributed by atoms with Crippen molar-refractivity contribution < 1.29 is 53.7 Å². The molecule has 4 N–H and O–H groups in total. The minimum absolute atomic E-state index is 0. The van der Waals surface area contributed by atoms with Crippen LogP contribution in [0, 0.1) is 11.6 Å². The van der Waals surface area contributed by atoms with Gasteiger partial charge >= 0.3 is 23.1 Å². The Hall–Kier alpha value is -1.10. The van der Waals surface area contributed by atoms with Gasteiger partial charge in [0, 0.05) is 24.1 Å². The van der Waals surface area contributed by atoms with Crippen molar-refractivity contribution in [2.45, 2.75) is 67.7 Å². The van der Waals surface area contributed by atoms with E-state index in [1.165, 1.54) is 22.5 Å². The number of aliphatic hydroxyl groups excluding tert-OH is 3. The first-order valence-corrected chi connectivity index (χ1v) is 13.0. The number of rotatable bonds is 10. The number of hydrogen-bond acceptors (Lipinski definition) is 10. The summed E-state index contributed by atoms with van der Waals surface area (Å²) in [6.07, 6.45) is -1.04. The number of halogens is 4. The maximum atomic E-state index is 13.7. The standard InChI is InChI=1S/C23H28F2N6O4S.2ClH.Mg/c1-2-7-36-23-27-21(26-15-9-12(15)11-3-4-13(24)14(25)8-11)18-22(28-23)31(30-29-18)16-10-17(35-6-5-32)20(34)19(16)33;;;/h3-4,8,12,15-17,19-20,32-34H,2,5-7,9-10H2,1H3,(H,26,27,28);2*1H;/q;;;+2/p-2/t12-,15+,16+,17-,19-,20+;;;/m0.../s1. The van der Waals surface area contributed by atoms with Gasteiger partial charge in [0.2, 0.25) is 0 Å². The number of aromatic nitrogens is 5. The van der Waals surface area contributed by atoms with Crippen LogP contribution in [-0.4, -0.2) is 107 Å². The Morgan fingerprint density at radius 1 is 1.13 bits per heavy atom. The summed E-state index contributed by atoms with van der Waals surface area (Å²) in [7, 11) is 0. The molecule has 3 aromatic rings. The SMILES string of the molecule is CCCSc1nc(N[C@@H]2C[C@H]2c2ccc(F)c(F)c2)c2nnn([C@@H]3C[C@H](OCCO)[C@@H](O)[C@H]3O)c2n1.[Cl-].[Cl-].[Mg+2]. The second kappa shape index (κ2) is 14.7. The predicted molar refractivity (Wildman–Crippen MR) is 134 cm³/mol. The molecule has 0 bridgehead atoms. The minimum atomic E-state index is -1.15. The van der Waals surface area contributed by atoms with Gasteiger partial charge in [-0.2, -0.15) is 0 Å². The van der Waals surface area contributed by atoms with E-state index in [2.05, 4.69) is 32.5 Å². The second-order valence-corrected chi connectivity index (χ2v) is 10.2. The van der Waals surface area contributed by atoms with Crippen molar-refractivity contribution in [2.75, 3.05) is 24.3 Å². The van der Waals surface area contributed by atoms with E-state index < -0.39 is 36.0 Å². The molecule has 2 aliphatic carbocycles. The van der Waals surface area contributed by atoms with Gasteiger partial charge in [-0.25, -0.2) is 23.4 Å². The summed E-state index contributed by atoms with van der Waals surface area (Å²) < 4.78 is 34.0. The summed E-state index contributed by atoms with van der Waals surface area (Å²) in [6, 6.07) is 3.26. The number of aliphatic hydroxyl groups is 3. The molecule has 2 aromatic heterocycles. The van der Waals surface area contributed by atoms with Gasteiger partial charge in [0.15, 0.2) is 33.8 Å². The Bertz CT molecular complexity index is 1250. The van der Waals surface area contributed by atoms with Crippen molar-refractivity contribution in [1.29, 1.82) is 0 Å². The molecule has 0 radical (unpaired) electrons. The predicted octanol–water partition coefficient (Wildman–Crippen LogP) is -4.36. The third kappa shape index (κ3) is 7.22. The van der Waals surface area contributed by atoms with Crippen LogP contribution < -0.4 is 30.1 Å². The van der Waals surface area contributed by atoms with Gasteiger partial charge in [0.05, 0.1) is 25.4 Å². The number of anilines is 1. The van der Waals surface area contributed by atoms with Crippen LogP contribution >= 0.6 is 11.8 Å². The van der Waals surface area contributed by atoms with Gasteiger partial charge < -0.3 is 50.2 Å². The molecule has 0 amide bonds. The molecule has 0 unspecified atom stereocenters. The Morgan fingerprint density at radius 2 is 1.90 bits per heavy atom. The van der Waals surface area contributed by atoms with Crippen LogP contribution in [0.1, 0.15) is 43.7 Å². The third-order valence-electron chi connectivity index (χ3n) is 6.56. The number of nitrogens with zero attached hydrogens (tertiary/aromatic N) is 5. The molecule has 210 valence electrons. The molecule has 1 aromatic carbocycles. The zero-order valence-corrected chi connectivity index (χ0v) is 24.8. The molecule has 2 fully saturated rings. The topological polar surface area (TPSA) is 138 Å². The average Bonchev–Trinajstić information content (AvgIpc) is 3.41. The van der Waals surface area contributed by atoms with Crippen molar-refractivity contribution in [3.8, 4) is 0 Å². The van der Waals surface area contributed by atoms with Crippen LogP contribution in [0.5, 0.6) is 0 Å². The molecular weight excluding hydrogens is 590 g/mol. The van der Waals surface area contributed by atoms with E-state index >= 15 is 0 Å². The summed E-state index contributed by atoms with van der Waals surface area (Å²) in [5.74, 6) is -0.472. The number of ether oxygens (including phenoxy) is 1. The van der Waals surface area contributed by atoms with Crippen LogP contribution in [0.15, 0.2) is 23.4 Å². The van der Waals surface area contributed by atoms with Gasteiger partial charge in [0.25, 0.3) is 0 Å². The van der Waals surface area contributed by atoms with Gasteiger partial charge in [-0.15, -0.1) is 5.10 Å². The van der Waals surface area contributed by atoms with E-state index in [1.54, 1.807) is 6.07 Å². The van der Waals surface area contributed by atoms with Crippen LogP contribution in [0.3, 0.4) is 0 Å². The van der Waals surface area contributed by atoms with E-state index in [0.29, 0.717) is 27.7 Å². The number of benzene rings is 1. The number of thioether (sulfide) groups is 1. The van der Waals surface area contributed by atoms with Crippen molar-refractivity contribution >= 4 is 51.8 Å². The molecular formula is C23H28Cl2F2MgN6O4S. The molecule has 2 saturated carbocycles. The van der Waals surface area contributed by atoms with Gasteiger partial charge in [-0.1, -0.05) is 30.0 Å². The van der Waals surface area contributed by atoms with Gasteiger partial charge in [-0.05, 0) is 30.5 Å². The number of hydrogen-bond donors (Lipinski definition) is 4. The Balaban J connectivity index is 0.00000178. The molecule has 16 heteroatoms. The van der Waals surface area contributed by atoms with E-state index in [0.717, 1.165) is 24.7 Å². The normalized spacial score (nSPS) is 25.5. The second-order valence-electron chi connectivity index (χ2n) is 9.09. The van der Waals surface area contributed by atoms with E-state index in [1.807, 2.05) is 0 Å². The Morgan fingerprint density at radius 3 is 2.59 bits per heavy atom. The first-order chi connectivity index (χ1) is 17.4. The molecule has 0 saturated heterocycles. The molecule has 6 atom stereocenters. The van der Waals surface area contributed by atoms with Gasteiger partial charge in [0.1, 0.15) is 12.2 Å². The quantitative estimate of drug-likeness (QED) is 0.100. The summed E-state index contributed by atoms with van der Waals surface area (Å²) in [4.78, 5) is 9.27. The van der Waals surface area contributed by atoms with E-state index in [-0.39, 0.29) is 79.5 Å². The fourth-order valence-corrected chi connectivity index (χ4v) is 5.31. The molecule has 2 heterocycles. The van der Waals surface area contributed by atoms with Gasteiger partial charge in [-0.3, -0.25) is 0 Å². The zero-order valence-electron chi connectivity index (χ0n) is 21.1. The molecule has 2 aliphatic rings. The smallest absolute Gasteiger partial charge is 1.00 e. The van der Waals surface area contributed by atoms with Crippen molar-refractivity contribution in [3.63, 3.8) is 0 Å². The molecule has 5 rings (SSSR count). The summed E-state index contributed by atoms with van der Waals surface area (Å²) >= 11 is 1.48. The summed E-state index contributed by atoms with van der Waals surface area (Å²) in [5, 5.41) is 42.5. The fraction of sp³-hybridized carbons (Fsp3) is 0.565. The van der Waals surface area contributed by atoms with E-state index in [4.69, 9.17) is 9.84 Å². The first-order valence-electron chi connectivity index (χ1n) is 12.0. The van der Waals surface area contributed by atoms with Crippen molar-refractivity contribution in [3.05, 3.63) is 35.4 Å². The van der Waals surface area contributed by atoms with Crippen LogP contribution in [0.25, 0.3) is 11.2 Å². The van der Waals surface area contributed by atoms with Crippen molar-refractivity contribution in [1.82, 2.24) is 25.0 Å². The maximum Gasteiger partial charge on any atom is 2.00 e. The fourth-order valence-electron chi connectivity index (χ4n) is 4.61. The first kappa shape index (κ1) is 34.1. The molecule has 39 heavy (non-hydrogen) atoms. The minimum Gasteiger partial charge on any atom is -1.00 e. The molecule has 10 nitrogen and oxygen atoms in total. The average molecular weight is 618 g/mol. The third-order valence-corrected chi connectivity index (χ3v) is 7.61. The summed E-state index contributed by atoms with van der Waals surface area (Å²) in [6.45, 7) is 1.91. The molecule has 0 aliphatic heterocycles. The van der Waals surface area contributed by atoms with E-state index in [9.17, 15) is 19.0 Å². The Labute approximate surface area is 256 Å². The monoisotopic (exact) mass is 616 g/mol. The van der Waals surface area contributed by atoms with Crippen LogP contribution in [0.2, 0.25) is 0 Å². The number of fused-ring (bicyclic) bond motifs is 1. The zero-order chi connectivity index (χ0) is 25.4. The molecule has 0 spiro atoms. The number of nitrogens with one attached hydrogen (secondary N) is 1. The van der Waals surface area contributed by atoms with Crippen LogP contribution in [0.4, 0.5) is 14.6 Å². The maximum absolute atomic E-state index is 13.7. The largest absolute Gasteiger partial charge is 2.00 e. The Kier molecular flexibility index (Phi) is 12.8. The summed E-state index contributed by atoms with van der Waals surface area (Å²) in [5.41, 5.74) is 1.53.